The summed E-state index contributed by atoms with van der Waals surface area (Å²) < 4.78 is 7.20. The highest BCUT2D eigenvalue weighted by molar-refractivity contribution is 4.96. The molecule has 5 nitrogen and oxygen atoms in total. The van der Waals surface area contributed by atoms with Crippen LogP contribution in [-0.4, -0.2) is 21.4 Å². The third kappa shape index (κ3) is 1.37. The highest BCUT2D eigenvalue weighted by Gasteiger charge is 2.30. The first-order valence-corrected chi connectivity index (χ1v) is 5.00. The lowest BCUT2D eigenvalue weighted by atomic mass is 10.0. The van der Waals surface area contributed by atoms with Gasteiger partial charge in [0.25, 0.3) is 0 Å². The lowest BCUT2D eigenvalue weighted by Crippen LogP contribution is -2.20. The van der Waals surface area contributed by atoms with E-state index in [1.807, 2.05) is 6.92 Å². The van der Waals surface area contributed by atoms with Crippen LogP contribution in [0.4, 0.5) is 0 Å². The van der Waals surface area contributed by atoms with Crippen LogP contribution in [0.2, 0.25) is 0 Å². The fourth-order valence-electron chi connectivity index (χ4n) is 1.88. The molecule has 0 spiro atoms. The number of ether oxygens (including phenoxy) is 1. The molecule has 1 fully saturated rings. The van der Waals surface area contributed by atoms with Gasteiger partial charge in [-0.05, 0) is 19.3 Å². The molecular formula is C9H15N3O2. The lowest BCUT2D eigenvalue weighted by Gasteiger charge is -2.13. The summed E-state index contributed by atoms with van der Waals surface area (Å²) in [5, 5.41) is 6.48. The molecule has 0 aromatic carbocycles. The van der Waals surface area contributed by atoms with Crippen molar-refractivity contribution in [2.45, 2.75) is 32.9 Å². The van der Waals surface area contributed by atoms with E-state index in [9.17, 15) is 4.79 Å². The molecule has 2 heterocycles. The Kier molecular flexibility index (Phi) is 2.41. The van der Waals surface area contributed by atoms with E-state index in [2.05, 4.69) is 17.1 Å². The molecule has 0 bridgehead atoms. The Morgan fingerprint density at radius 2 is 2.50 bits per heavy atom. The Morgan fingerprint density at radius 3 is 3.07 bits per heavy atom. The van der Waals surface area contributed by atoms with Crippen molar-refractivity contribution < 1.29 is 4.74 Å². The average Bonchev–Trinajstić information content (AvgIpc) is 2.71. The second kappa shape index (κ2) is 3.57. The van der Waals surface area contributed by atoms with Gasteiger partial charge in [-0.15, -0.1) is 0 Å². The first-order valence-electron chi connectivity index (χ1n) is 5.00. The number of nitrogens with zero attached hydrogens (tertiary/aromatic N) is 2. The van der Waals surface area contributed by atoms with Crippen molar-refractivity contribution in [1.29, 1.82) is 0 Å². The quantitative estimate of drug-likeness (QED) is 0.758. The minimum absolute atomic E-state index is 0.0195. The van der Waals surface area contributed by atoms with Gasteiger partial charge in [-0.3, -0.25) is 4.57 Å². The van der Waals surface area contributed by atoms with Gasteiger partial charge >= 0.3 is 5.69 Å². The van der Waals surface area contributed by atoms with E-state index < -0.39 is 0 Å². The van der Waals surface area contributed by atoms with Crippen molar-refractivity contribution >= 4 is 0 Å². The molecule has 0 saturated carbocycles. The predicted molar refractivity (Wildman–Crippen MR) is 51.0 cm³/mol. The molecule has 0 unspecified atom stereocenters. The minimum atomic E-state index is -0.148. The average molecular weight is 197 g/mol. The Morgan fingerprint density at radius 1 is 1.71 bits per heavy atom. The molecule has 2 rings (SSSR count). The molecular weight excluding hydrogens is 182 g/mol. The van der Waals surface area contributed by atoms with E-state index in [0.717, 1.165) is 18.9 Å². The van der Waals surface area contributed by atoms with Crippen LogP contribution in [0.15, 0.2) is 4.79 Å². The summed E-state index contributed by atoms with van der Waals surface area (Å²) >= 11 is 0. The molecule has 0 aliphatic carbocycles. The van der Waals surface area contributed by atoms with E-state index >= 15 is 0 Å². The van der Waals surface area contributed by atoms with Crippen LogP contribution in [0, 0.1) is 5.92 Å². The number of aromatic amines is 1. The molecule has 0 amide bonds. The van der Waals surface area contributed by atoms with Crippen molar-refractivity contribution in [2.24, 2.45) is 5.92 Å². The zero-order chi connectivity index (χ0) is 10.1. The van der Waals surface area contributed by atoms with E-state index in [1.54, 1.807) is 4.57 Å². The molecule has 1 N–H and O–H groups in total. The monoisotopic (exact) mass is 197 g/mol. The largest absolute Gasteiger partial charge is 0.370 e. The van der Waals surface area contributed by atoms with Gasteiger partial charge in [-0.1, -0.05) is 6.92 Å². The SMILES string of the molecule is CCn1c([C@@H]2OCC[C@@H]2C)n[nH]c1=O. The Balaban J connectivity index is 2.35. The van der Waals surface area contributed by atoms with Gasteiger partial charge in [-0.25, -0.2) is 9.89 Å². The van der Waals surface area contributed by atoms with Crippen LogP contribution >= 0.6 is 0 Å². The van der Waals surface area contributed by atoms with Crippen LogP contribution in [0.1, 0.15) is 32.2 Å². The fourth-order valence-corrected chi connectivity index (χ4v) is 1.88. The summed E-state index contributed by atoms with van der Waals surface area (Å²) in [6.45, 7) is 5.45. The van der Waals surface area contributed by atoms with Gasteiger partial charge in [0.05, 0.1) is 0 Å². The summed E-state index contributed by atoms with van der Waals surface area (Å²) in [5.41, 5.74) is -0.148. The molecule has 1 aliphatic rings. The fraction of sp³-hybridized carbons (Fsp3) is 0.778. The standard InChI is InChI=1S/C9H15N3O2/c1-3-12-8(10-11-9(12)13)7-6(2)4-5-14-7/h6-7H,3-5H2,1-2H3,(H,11,13)/t6-,7+/m0/s1. The number of nitrogens with one attached hydrogen (secondary N) is 1. The zero-order valence-electron chi connectivity index (χ0n) is 8.49. The molecule has 1 aromatic heterocycles. The van der Waals surface area contributed by atoms with Crippen molar-refractivity contribution in [2.75, 3.05) is 6.61 Å². The van der Waals surface area contributed by atoms with Gasteiger partial charge in [0.1, 0.15) is 6.10 Å². The number of rotatable bonds is 2. The normalized spacial score (nSPS) is 27.0. The smallest absolute Gasteiger partial charge is 0.343 e. The molecule has 0 radical (unpaired) electrons. The van der Waals surface area contributed by atoms with E-state index in [4.69, 9.17) is 4.74 Å². The van der Waals surface area contributed by atoms with Gasteiger partial charge in [-0.2, -0.15) is 5.10 Å². The van der Waals surface area contributed by atoms with Crippen LogP contribution in [0.3, 0.4) is 0 Å². The number of aromatic nitrogens is 3. The second-order valence-electron chi connectivity index (χ2n) is 3.69. The lowest BCUT2D eigenvalue weighted by molar-refractivity contribution is 0.0839. The zero-order valence-corrected chi connectivity index (χ0v) is 8.49. The summed E-state index contributed by atoms with van der Waals surface area (Å²) in [4.78, 5) is 11.3. The maximum atomic E-state index is 11.3. The molecule has 1 aromatic rings. The van der Waals surface area contributed by atoms with Crippen molar-refractivity contribution in [3.63, 3.8) is 0 Å². The van der Waals surface area contributed by atoms with Crippen LogP contribution < -0.4 is 5.69 Å². The molecule has 14 heavy (non-hydrogen) atoms. The van der Waals surface area contributed by atoms with Gasteiger partial charge in [0.2, 0.25) is 0 Å². The van der Waals surface area contributed by atoms with E-state index in [0.29, 0.717) is 12.5 Å². The minimum Gasteiger partial charge on any atom is -0.370 e. The van der Waals surface area contributed by atoms with Crippen molar-refractivity contribution in [3.05, 3.63) is 16.3 Å². The number of H-pyrrole nitrogens is 1. The third-order valence-electron chi connectivity index (χ3n) is 2.75. The molecule has 1 aliphatic heterocycles. The second-order valence-corrected chi connectivity index (χ2v) is 3.69. The summed E-state index contributed by atoms with van der Waals surface area (Å²) in [6, 6.07) is 0. The van der Waals surface area contributed by atoms with Gasteiger partial charge in [0, 0.05) is 13.2 Å². The van der Waals surface area contributed by atoms with Gasteiger partial charge < -0.3 is 4.74 Å². The van der Waals surface area contributed by atoms with Crippen molar-refractivity contribution in [1.82, 2.24) is 14.8 Å². The van der Waals surface area contributed by atoms with Crippen LogP contribution in [-0.2, 0) is 11.3 Å². The predicted octanol–water partition coefficient (Wildman–Crippen LogP) is 0.689. The summed E-state index contributed by atoms with van der Waals surface area (Å²) in [5.74, 6) is 1.18. The third-order valence-corrected chi connectivity index (χ3v) is 2.75. The Labute approximate surface area is 82.1 Å². The molecule has 1 saturated heterocycles. The Hall–Kier alpha value is -1.10. The summed E-state index contributed by atoms with van der Waals surface area (Å²) in [7, 11) is 0. The molecule has 78 valence electrons. The first kappa shape index (κ1) is 9.45. The number of hydrogen-bond donors (Lipinski definition) is 1. The first-order chi connectivity index (χ1) is 6.74. The molecule has 2 atom stereocenters. The maximum absolute atomic E-state index is 11.3. The highest BCUT2D eigenvalue weighted by atomic mass is 16.5. The van der Waals surface area contributed by atoms with Crippen LogP contribution in [0.25, 0.3) is 0 Å². The topological polar surface area (TPSA) is 59.9 Å². The van der Waals surface area contributed by atoms with E-state index in [-0.39, 0.29) is 11.8 Å². The van der Waals surface area contributed by atoms with Crippen LogP contribution in [0.5, 0.6) is 0 Å². The van der Waals surface area contributed by atoms with Crippen molar-refractivity contribution in [3.8, 4) is 0 Å². The number of hydrogen-bond acceptors (Lipinski definition) is 3. The summed E-state index contributed by atoms with van der Waals surface area (Å²) in [6.07, 6.45) is 1.02. The maximum Gasteiger partial charge on any atom is 0.343 e. The Bertz CT molecular complexity index is 368. The van der Waals surface area contributed by atoms with Gasteiger partial charge in [0.15, 0.2) is 5.82 Å². The highest BCUT2D eigenvalue weighted by Crippen LogP contribution is 2.32. The molecule has 5 heteroatoms. The van der Waals surface area contributed by atoms with E-state index in [1.165, 1.54) is 0 Å².